The Labute approximate surface area is 125 Å². The van der Waals surface area contributed by atoms with Crippen LogP contribution < -0.4 is 5.32 Å². The minimum atomic E-state index is 0.605. The molecule has 0 bridgehead atoms. The van der Waals surface area contributed by atoms with Crippen LogP contribution in [0.15, 0.2) is 28.7 Å². The van der Waals surface area contributed by atoms with Crippen LogP contribution in [0.2, 0.25) is 0 Å². The van der Waals surface area contributed by atoms with Gasteiger partial charge in [0.1, 0.15) is 0 Å². The van der Waals surface area contributed by atoms with Gasteiger partial charge in [0.25, 0.3) is 0 Å². The number of benzene rings is 1. The lowest BCUT2D eigenvalue weighted by Crippen LogP contribution is -2.39. The van der Waals surface area contributed by atoms with E-state index in [4.69, 9.17) is 0 Å². The highest BCUT2D eigenvalue weighted by atomic mass is 79.9. The van der Waals surface area contributed by atoms with Crippen LogP contribution >= 0.6 is 15.9 Å². The molecule has 0 aromatic heterocycles. The summed E-state index contributed by atoms with van der Waals surface area (Å²) >= 11 is 3.56. The van der Waals surface area contributed by atoms with E-state index in [-0.39, 0.29) is 0 Å². The Bertz CT molecular complexity index is 386. The summed E-state index contributed by atoms with van der Waals surface area (Å²) in [5.41, 5.74) is 1.40. The lowest BCUT2D eigenvalue weighted by Gasteiger charge is -2.32. The van der Waals surface area contributed by atoms with Crippen molar-refractivity contribution in [1.29, 1.82) is 0 Å². The number of rotatable bonds is 5. The lowest BCUT2D eigenvalue weighted by atomic mass is 9.97. The van der Waals surface area contributed by atoms with Crippen molar-refractivity contribution in [3.63, 3.8) is 0 Å². The molecule has 106 valence electrons. The molecule has 19 heavy (non-hydrogen) atoms. The molecule has 1 aliphatic rings. The molecule has 1 fully saturated rings. The molecule has 1 aliphatic heterocycles. The third-order valence-electron chi connectivity index (χ3n) is 3.96. The van der Waals surface area contributed by atoms with Crippen LogP contribution in [0.25, 0.3) is 0 Å². The lowest BCUT2D eigenvalue weighted by molar-refractivity contribution is 0.162. The Hall–Kier alpha value is -0.380. The van der Waals surface area contributed by atoms with Crippen molar-refractivity contribution in [3.8, 4) is 0 Å². The number of hydrogen-bond donors (Lipinski definition) is 1. The van der Waals surface area contributed by atoms with E-state index in [1.54, 1.807) is 0 Å². The Balaban J connectivity index is 1.95. The van der Waals surface area contributed by atoms with Crippen LogP contribution in [0.5, 0.6) is 0 Å². The van der Waals surface area contributed by atoms with E-state index in [0.29, 0.717) is 6.04 Å². The van der Waals surface area contributed by atoms with E-state index in [0.717, 1.165) is 12.5 Å². The molecule has 0 radical (unpaired) electrons. The fraction of sp³-hybridized carbons (Fsp3) is 0.625. The first-order valence-corrected chi connectivity index (χ1v) is 8.13. The van der Waals surface area contributed by atoms with Gasteiger partial charge in [-0.1, -0.05) is 28.1 Å². The first kappa shape index (κ1) is 15.0. The zero-order chi connectivity index (χ0) is 13.7. The second kappa shape index (κ2) is 7.41. The largest absolute Gasteiger partial charge is 0.317 e. The smallest absolute Gasteiger partial charge is 0.0236 e. The molecule has 0 amide bonds. The average molecular weight is 325 g/mol. The van der Waals surface area contributed by atoms with Gasteiger partial charge < -0.3 is 5.32 Å². The summed E-state index contributed by atoms with van der Waals surface area (Å²) in [6.45, 7) is 9.27. The van der Waals surface area contributed by atoms with Gasteiger partial charge in [-0.05, 0) is 63.4 Å². The monoisotopic (exact) mass is 324 g/mol. The van der Waals surface area contributed by atoms with Gasteiger partial charge in [-0.15, -0.1) is 0 Å². The van der Waals surface area contributed by atoms with Crippen LogP contribution in [0.3, 0.4) is 0 Å². The topological polar surface area (TPSA) is 15.3 Å². The molecule has 0 saturated carbocycles. The molecule has 2 rings (SSSR count). The van der Waals surface area contributed by atoms with E-state index in [1.165, 1.54) is 42.5 Å². The van der Waals surface area contributed by atoms with Gasteiger partial charge >= 0.3 is 0 Å². The SMILES string of the molecule is CC(C)N(Cc1cccc(Br)c1)CC1CCNCC1. The van der Waals surface area contributed by atoms with Gasteiger partial charge in [-0.25, -0.2) is 0 Å². The molecule has 0 spiro atoms. The van der Waals surface area contributed by atoms with E-state index >= 15 is 0 Å². The van der Waals surface area contributed by atoms with Crippen molar-refractivity contribution < 1.29 is 0 Å². The molecule has 1 aromatic rings. The molecule has 2 nitrogen and oxygen atoms in total. The molecular formula is C16H25BrN2. The van der Waals surface area contributed by atoms with E-state index < -0.39 is 0 Å². The summed E-state index contributed by atoms with van der Waals surface area (Å²) in [7, 11) is 0. The molecule has 0 atom stereocenters. The Morgan fingerprint density at radius 2 is 2.05 bits per heavy atom. The molecule has 1 saturated heterocycles. The number of nitrogens with zero attached hydrogens (tertiary/aromatic N) is 1. The maximum absolute atomic E-state index is 3.56. The third-order valence-corrected chi connectivity index (χ3v) is 4.45. The highest BCUT2D eigenvalue weighted by molar-refractivity contribution is 9.10. The second-order valence-electron chi connectivity index (χ2n) is 5.85. The van der Waals surface area contributed by atoms with Crippen LogP contribution in [0, 0.1) is 5.92 Å². The molecule has 3 heteroatoms. The fourth-order valence-corrected chi connectivity index (χ4v) is 3.17. The number of piperidine rings is 1. The average Bonchev–Trinajstić information content (AvgIpc) is 2.39. The van der Waals surface area contributed by atoms with Crippen molar-refractivity contribution in [2.75, 3.05) is 19.6 Å². The zero-order valence-electron chi connectivity index (χ0n) is 12.0. The Morgan fingerprint density at radius 3 is 2.68 bits per heavy atom. The molecule has 0 aliphatic carbocycles. The predicted molar refractivity (Wildman–Crippen MR) is 85.3 cm³/mol. The summed E-state index contributed by atoms with van der Waals surface area (Å²) in [4.78, 5) is 2.61. The van der Waals surface area contributed by atoms with Crippen LogP contribution in [0.4, 0.5) is 0 Å². The highest BCUT2D eigenvalue weighted by Gasteiger charge is 2.19. The summed E-state index contributed by atoms with van der Waals surface area (Å²) in [6, 6.07) is 9.28. The summed E-state index contributed by atoms with van der Waals surface area (Å²) in [5, 5.41) is 3.45. The first-order valence-electron chi connectivity index (χ1n) is 7.34. The maximum atomic E-state index is 3.56. The van der Waals surface area contributed by atoms with Crippen LogP contribution in [0.1, 0.15) is 32.3 Å². The number of halogens is 1. The van der Waals surface area contributed by atoms with E-state index in [9.17, 15) is 0 Å². The Kier molecular flexibility index (Phi) is 5.86. The minimum absolute atomic E-state index is 0.605. The van der Waals surface area contributed by atoms with Crippen molar-refractivity contribution in [3.05, 3.63) is 34.3 Å². The highest BCUT2D eigenvalue weighted by Crippen LogP contribution is 2.19. The first-order chi connectivity index (χ1) is 9.15. The van der Waals surface area contributed by atoms with Crippen LogP contribution in [-0.4, -0.2) is 30.6 Å². The van der Waals surface area contributed by atoms with Gasteiger partial charge in [-0.3, -0.25) is 4.90 Å². The van der Waals surface area contributed by atoms with Crippen molar-refractivity contribution in [2.24, 2.45) is 5.92 Å². The van der Waals surface area contributed by atoms with Gasteiger partial charge in [0.2, 0.25) is 0 Å². The van der Waals surface area contributed by atoms with Crippen molar-refractivity contribution >= 4 is 15.9 Å². The molecular weight excluding hydrogens is 300 g/mol. The van der Waals surface area contributed by atoms with Gasteiger partial charge in [0.05, 0.1) is 0 Å². The zero-order valence-corrected chi connectivity index (χ0v) is 13.6. The Morgan fingerprint density at radius 1 is 1.32 bits per heavy atom. The molecule has 1 aromatic carbocycles. The summed E-state index contributed by atoms with van der Waals surface area (Å²) in [6.07, 6.45) is 2.64. The predicted octanol–water partition coefficient (Wildman–Crippen LogP) is 3.66. The number of nitrogens with one attached hydrogen (secondary N) is 1. The molecule has 1 heterocycles. The fourth-order valence-electron chi connectivity index (χ4n) is 2.72. The number of hydrogen-bond acceptors (Lipinski definition) is 2. The standard InChI is InChI=1S/C16H25BrN2/c1-13(2)19(11-14-6-8-18-9-7-14)12-15-4-3-5-16(17)10-15/h3-5,10,13-14,18H,6-9,11-12H2,1-2H3. The maximum Gasteiger partial charge on any atom is 0.0236 e. The van der Waals surface area contributed by atoms with Gasteiger partial charge in [0.15, 0.2) is 0 Å². The molecule has 0 unspecified atom stereocenters. The molecule has 1 N–H and O–H groups in total. The van der Waals surface area contributed by atoms with Gasteiger partial charge in [0, 0.05) is 23.6 Å². The minimum Gasteiger partial charge on any atom is -0.317 e. The quantitative estimate of drug-likeness (QED) is 0.889. The van der Waals surface area contributed by atoms with E-state index in [2.05, 4.69) is 64.3 Å². The summed E-state index contributed by atoms with van der Waals surface area (Å²) in [5.74, 6) is 0.857. The van der Waals surface area contributed by atoms with Crippen LogP contribution in [-0.2, 0) is 6.54 Å². The third kappa shape index (κ3) is 4.90. The normalized spacial score (nSPS) is 17.3. The summed E-state index contributed by atoms with van der Waals surface area (Å²) < 4.78 is 1.18. The van der Waals surface area contributed by atoms with Crippen molar-refractivity contribution in [2.45, 2.75) is 39.3 Å². The van der Waals surface area contributed by atoms with Crippen molar-refractivity contribution in [1.82, 2.24) is 10.2 Å². The second-order valence-corrected chi connectivity index (χ2v) is 6.76. The van der Waals surface area contributed by atoms with Gasteiger partial charge in [-0.2, -0.15) is 0 Å². The van der Waals surface area contributed by atoms with E-state index in [1.807, 2.05) is 0 Å².